The van der Waals surface area contributed by atoms with Crippen LogP contribution in [0.2, 0.25) is 0 Å². The summed E-state index contributed by atoms with van der Waals surface area (Å²) in [5.74, 6) is -1.04. The van der Waals surface area contributed by atoms with Gasteiger partial charge in [0, 0.05) is 10.6 Å². The fourth-order valence-corrected chi connectivity index (χ4v) is 3.21. The molecule has 2 N–H and O–H groups in total. The minimum Gasteiger partial charge on any atom is -0.481 e. The highest BCUT2D eigenvalue weighted by atomic mass is 32.1. The van der Waals surface area contributed by atoms with E-state index in [1.54, 1.807) is 6.92 Å². The lowest BCUT2D eigenvalue weighted by atomic mass is 10.1. The van der Waals surface area contributed by atoms with Crippen molar-refractivity contribution in [2.75, 3.05) is 5.32 Å². The van der Waals surface area contributed by atoms with Gasteiger partial charge in [-0.05, 0) is 32.4 Å². The highest BCUT2D eigenvalue weighted by Gasteiger charge is 2.14. The number of carbonyl (C=O) groups is 2. The number of aliphatic carboxylic acids is 1. The van der Waals surface area contributed by atoms with Gasteiger partial charge in [0.2, 0.25) is 5.91 Å². The van der Waals surface area contributed by atoms with E-state index in [1.807, 2.05) is 32.0 Å². The Morgan fingerprint density at radius 3 is 2.59 bits per heavy atom. The van der Waals surface area contributed by atoms with Gasteiger partial charge in [-0.25, -0.2) is 4.98 Å². The average Bonchev–Trinajstić information content (AvgIpc) is 2.72. The molecule has 1 aromatic carbocycles. The topological polar surface area (TPSA) is 79.3 Å². The molecule has 1 aromatic heterocycles. The van der Waals surface area contributed by atoms with Crippen molar-refractivity contribution in [1.82, 2.24) is 4.98 Å². The first-order valence-electron chi connectivity index (χ1n) is 6.89. The normalized spacial score (nSPS) is 10.5. The molecule has 116 valence electrons. The number of carbonyl (C=O) groups excluding carboxylic acids is 1. The number of thiazole rings is 1. The maximum atomic E-state index is 12.1. The van der Waals surface area contributed by atoms with Gasteiger partial charge >= 0.3 is 5.97 Å². The largest absolute Gasteiger partial charge is 0.481 e. The lowest BCUT2D eigenvalue weighted by molar-refractivity contribution is -0.136. The molecule has 1 amide bonds. The highest BCUT2D eigenvalue weighted by Crippen LogP contribution is 2.20. The third-order valence-electron chi connectivity index (χ3n) is 3.22. The summed E-state index contributed by atoms with van der Waals surface area (Å²) < 4.78 is 0. The minimum absolute atomic E-state index is 0.0534. The van der Waals surface area contributed by atoms with Gasteiger partial charge in [0.25, 0.3) is 0 Å². The van der Waals surface area contributed by atoms with Gasteiger partial charge in [-0.3, -0.25) is 9.59 Å². The Labute approximate surface area is 133 Å². The van der Waals surface area contributed by atoms with E-state index in [0.29, 0.717) is 15.6 Å². The molecule has 0 radical (unpaired) electrons. The smallest absolute Gasteiger partial charge is 0.308 e. The summed E-state index contributed by atoms with van der Waals surface area (Å²) in [6, 6.07) is 5.83. The molecule has 0 aliphatic heterocycles. The van der Waals surface area contributed by atoms with Gasteiger partial charge in [0.1, 0.15) is 5.01 Å². The first kappa shape index (κ1) is 16.2. The lowest BCUT2D eigenvalue weighted by Crippen LogP contribution is -2.15. The maximum Gasteiger partial charge on any atom is 0.308 e. The highest BCUT2D eigenvalue weighted by molar-refractivity contribution is 7.12. The predicted octanol–water partition coefficient (Wildman–Crippen LogP) is 2.88. The number of benzene rings is 1. The summed E-state index contributed by atoms with van der Waals surface area (Å²) in [4.78, 5) is 27.8. The van der Waals surface area contributed by atoms with Gasteiger partial charge in [-0.15, -0.1) is 11.3 Å². The molecule has 2 rings (SSSR count). The van der Waals surface area contributed by atoms with Crippen LogP contribution in [0.25, 0.3) is 0 Å². The number of anilines is 1. The Morgan fingerprint density at radius 2 is 1.95 bits per heavy atom. The van der Waals surface area contributed by atoms with Crippen molar-refractivity contribution in [3.63, 3.8) is 0 Å². The molecule has 6 heteroatoms. The molecule has 0 atom stereocenters. The fourth-order valence-electron chi connectivity index (χ4n) is 2.15. The SMILES string of the molecule is Cc1ccc(NC(=O)Cc2nc(C)c(CC(=O)O)s2)c(C)c1. The van der Waals surface area contributed by atoms with Crippen LogP contribution >= 0.6 is 11.3 Å². The van der Waals surface area contributed by atoms with Crippen LogP contribution < -0.4 is 5.32 Å². The van der Waals surface area contributed by atoms with Crippen molar-refractivity contribution in [3.05, 3.63) is 44.9 Å². The van der Waals surface area contributed by atoms with Crippen LogP contribution in [0.3, 0.4) is 0 Å². The molecule has 0 spiro atoms. The summed E-state index contributed by atoms with van der Waals surface area (Å²) in [5, 5.41) is 12.3. The summed E-state index contributed by atoms with van der Waals surface area (Å²) in [6.07, 6.45) is 0.0978. The van der Waals surface area contributed by atoms with Crippen LogP contribution in [0.15, 0.2) is 18.2 Å². The Kier molecular flexibility index (Phi) is 4.92. The maximum absolute atomic E-state index is 12.1. The number of hydrogen-bond acceptors (Lipinski definition) is 4. The van der Waals surface area contributed by atoms with Gasteiger partial charge in [0.05, 0.1) is 18.5 Å². The molecule has 0 unspecified atom stereocenters. The van der Waals surface area contributed by atoms with E-state index < -0.39 is 5.97 Å². The third-order valence-corrected chi connectivity index (χ3v) is 4.37. The zero-order valence-electron chi connectivity index (χ0n) is 12.8. The first-order valence-corrected chi connectivity index (χ1v) is 7.71. The van der Waals surface area contributed by atoms with Crippen LogP contribution in [0.4, 0.5) is 5.69 Å². The summed E-state index contributed by atoms with van der Waals surface area (Å²) in [5.41, 5.74) is 3.62. The molecule has 0 saturated heterocycles. The number of amides is 1. The number of nitrogens with zero attached hydrogens (tertiary/aromatic N) is 1. The second-order valence-corrected chi connectivity index (χ2v) is 6.40. The van der Waals surface area contributed by atoms with Gasteiger partial charge < -0.3 is 10.4 Å². The molecule has 0 fully saturated rings. The number of carboxylic acids is 1. The number of aryl methyl sites for hydroxylation is 3. The molecule has 0 aliphatic rings. The molecular formula is C16H18N2O3S. The van der Waals surface area contributed by atoms with Crippen molar-refractivity contribution in [3.8, 4) is 0 Å². The van der Waals surface area contributed by atoms with Crippen molar-refractivity contribution >= 4 is 28.9 Å². The second-order valence-electron chi connectivity index (χ2n) is 5.23. The zero-order valence-corrected chi connectivity index (χ0v) is 13.6. The molecular weight excluding hydrogens is 300 g/mol. The summed E-state index contributed by atoms with van der Waals surface area (Å²) >= 11 is 1.28. The van der Waals surface area contributed by atoms with Crippen molar-refractivity contribution in [2.45, 2.75) is 33.6 Å². The molecule has 22 heavy (non-hydrogen) atoms. The Balaban J connectivity index is 2.04. The number of nitrogens with one attached hydrogen (secondary N) is 1. The van der Waals surface area contributed by atoms with Crippen LogP contribution in [0, 0.1) is 20.8 Å². The number of carboxylic acid groups (broad SMARTS) is 1. The molecule has 2 aromatic rings. The van der Waals surface area contributed by atoms with Crippen molar-refractivity contribution in [1.29, 1.82) is 0 Å². The minimum atomic E-state index is -0.891. The lowest BCUT2D eigenvalue weighted by Gasteiger charge is -2.08. The van der Waals surface area contributed by atoms with E-state index in [-0.39, 0.29) is 18.7 Å². The van der Waals surface area contributed by atoms with E-state index in [4.69, 9.17) is 5.11 Å². The number of hydrogen-bond donors (Lipinski definition) is 2. The molecule has 0 bridgehead atoms. The van der Waals surface area contributed by atoms with E-state index in [2.05, 4.69) is 10.3 Å². The predicted molar refractivity (Wildman–Crippen MR) is 86.4 cm³/mol. The molecule has 1 heterocycles. The van der Waals surface area contributed by atoms with Crippen LogP contribution in [-0.2, 0) is 22.4 Å². The number of rotatable bonds is 5. The first-order chi connectivity index (χ1) is 10.3. The monoisotopic (exact) mass is 318 g/mol. The average molecular weight is 318 g/mol. The third kappa shape index (κ3) is 4.14. The van der Waals surface area contributed by atoms with E-state index in [9.17, 15) is 9.59 Å². The summed E-state index contributed by atoms with van der Waals surface area (Å²) in [7, 11) is 0. The van der Waals surface area contributed by atoms with E-state index >= 15 is 0 Å². The van der Waals surface area contributed by atoms with E-state index in [1.165, 1.54) is 11.3 Å². The van der Waals surface area contributed by atoms with Crippen molar-refractivity contribution in [2.24, 2.45) is 0 Å². The Hall–Kier alpha value is -2.21. The number of aromatic nitrogens is 1. The summed E-state index contributed by atoms with van der Waals surface area (Å²) in [6.45, 7) is 5.71. The quantitative estimate of drug-likeness (QED) is 0.888. The van der Waals surface area contributed by atoms with Gasteiger partial charge in [-0.2, -0.15) is 0 Å². The standard InChI is InChI=1S/C16H18N2O3S/c1-9-4-5-12(10(2)6-9)18-14(19)8-15-17-11(3)13(22-15)7-16(20)21/h4-6H,7-8H2,1-3H3,(H,18,19)(H,20,21). The Morgan fingerprint density at radius 1 is 1.23 bits per heavy atom. The zero-order chi connectivity index (χ0) is 16.3. The fraction of sp³-hybridized carbons (Fsp3) is 0.312. The molecule has 0 aliphatic carbocycles. The van der Waals surface area contributed by atoms with E-state index in [0.717, 1.165) is 16.8 Å². The van der Waals surface area contributed by atoms with Crippen LogP contribution in [0.1, 0.15) is 26.7 Å². The molecule has 5 nitrogen and oxygen atoms in total. The van der Waals surface area contributed by atoms with Crippen LogP contribution in [-0.4, -0.2) is 22.0 Å². The van der Waals surface area contributed by atoms with Crippen LogP contribution in [0.5, 0.6) is 0 Å². The second kappa shape index (κ2) is 6.70. The van der Waals surface area contributed by atoms with Crippen molar-refractivity contribution < 1.29 is 14.7 Å². The van der Waals surface area contributed by atoms with Gasteiger partial charge in [0.15, 0.2) is 0 Å². The van der Waals surface area contributed by atoms with Gasteiger partial charge in [-0.1, -0.05) is 17.7 Å². The Bertz CT molecular complexity index is 722. The molecule has 0 saturated carbocycles.